The third-order valence-corrected chi connectivity index (χ3v) is 9.20. The van der Waals surface area contributed by atoms with Crippen molar-refractivity contribution < 1.29 is 34.0 Å². The van der Waals surface area contributed by atoms with Crippen molar-refractivity contribution in [2.45, 2.75) is 80.9 Å². The van der Waals surface area contributed by atoms with Crippen LogP contribution >= 0.6 is 0 Å². The molecule has 7 nitrogen and oxygen atoms in total. The summed E-state index contributed by atoms with van der Waals surface area (Å²) in [7, 11) is 0. The quantitative estimate of drug-likeness (QED) is 0.493. The number of cyclic esters (lactones) is 1. The lowest BCUT2D eigenvalue weighted by Gasteiger charge is -2.55. The second kappa shape index (κ2) is 4.00. The Morgan fingerprint density at radius 3 is 2.67 bits per heavy atom. The van der Waals surface area contributed by atoms with Gasteiger partial charge in [-0.25, -0.2) is 4.79 Å². The summed E-state index contributed by atoms with van der Waals surface area (Å²) in [5, 5.41) is 22.7. The Balaban J connectivity index is 1.41. The van der Waals surface area contributed by atoms with Gasteiger partial charge in [-0.15, -0.1) is 0 Å². The fraction of sp³-hybridized carbons (Fsp3) is 0.850. The number of fused-ring (bicyclic) bond motifs is 4. The minimum Gasteiger partial charge on any atom is -0.458 e. The van der Waals surface area contributed by atoms with Crippen LogP contribution in [0.3, 0.4) is 0 Å². The number of ether oxygens (including phenoxy) is 4. The van der Waals surface area contributed by atoms with Gasteiger partial charge in [0.1, 0.15) is 36.1 Å². The van der Waals surface area contributed by atoms with Crippen LogP contribution in [0.5, 0.6) is 0 Å². The van der Waals surface area contributed by atoms with E-state index in [1.54, 1.807) is 0 Å². The predicted octanol–water partition coefficient (Wildman–Crippen LogP) is 0.0739. The second-order valence-corrected chi connectivity index (χ2v) is 9.99. The summed E-state index contributed by atoms with van der Waals surface area (Å²) < 4.78 is 24.1. The van der Waals surface area contributed by atoms with E-state index in [-0.39, 0.29) is 42.5 Å². The molecule has 0 radical (unpaired) electrons. The Bertz CT molecular complexity index is 851. The van der Waals surface area contributed by atoms with E-state index in [0.717, 1.165) is 5.57 Å². The topological polar surface area (TPSA) is 104 Å². The van der Waals surface area contributed by atoms with Crippen LogP contribution in [0, 0.1) is 17.3 Å². The van der Waals surface area contributed by atoms with Crippen LogP contribution in [0.25, 0.3) is 0 Å². The Morgan fingerprint density at radius 1 is 1.15 bits per heavy atom. The van der Waals surface area contributed by atoms with E-state index in [2.05, 4.69) is 13.8 Å². The maximum atomic E-state index is 12.1. The van der Waals surface area contributed by atoms with Crippen molar-refractivity contribution in [2.75, 3.05) is 6.61 Å². The zero-order valence-electron chi connectivity index (χ0n) is 15.6. The van der Waals surface area contributed by atoms with E-state index in [0.29, 0.717) is 18.6 Å². The number of rotatable bonds is 1. The first-order chi connectivity index (χ1) is 12.8. The minimum absolute atomic E-state index is 0.0502. The predicted molar refractivity (Wildman–Crippen MR) is 88.5 cm³/mol. The Hall–Kier alpha value is -0.990. The van der Waals surface area contributed by atoms with E-state index in [1.165, 1.54) is 0 Å². The molecule has 5 fully saturated rings. The van der Waals surface area contributed by atoms with Crippen molar-refractivity contribution >= 4 is 5.97 Å². The minimum atomic E-state index is -0.817. The van der Waals surface area contributed by atoms with Gasteiger partial charge < -0.3 is 29.2 Å². The smallest absolute Gasteiger partial charge is 0.334 e. The van der Waals surface area contributed by atoms with Crippen molar-refractivity contribution in [1.29, 1.82) is 0 Å². The number of hydrogen-bond donors (Lipinski definition) is 2. The van der Waals surface area contributed by atoms with Gasteiger partial charge in [-0.2, -0.15) is 0 Å². The van der Waals surface area contributed by atoms with E-state index in [9.17, 15) is 15.0 Å². The molecular formula is C20H24O7. The molecule has 2 unspecified atom stereocenters. The number of aliphatic hydroxyl groups is 2. The first-order valence-electron chi connectivity index (χ1n) is 10.1. The fourth-order valence-electron chi connectivity index (χ4n) is 7.71. The van der Waals surface area contributed by atoms with Crippen LogP contribution in [0.1, 0.15) is 33.6 Å². The van der Waals surface area contributed by atoms with Crippen LogP contribution in [0.4, 0.5) is 0 Å². The molecule has 0 bridgehead atoms. The molecule has 2 saturated carbocycles. The highest BCUT2D eigenvalue weighted by Crippen LogP contribution is 2.82. The summed E-state index contributed by atoms with van der Waals surface area (Å²) in [6.07, 6.45) is -1.09. The summed E-state index contributed by atoms with van der Waals surface area (Å²) in [6.45, 7) is 6.47. The zero-order chi connectivity index (χ0) is 18.7. The van der Waals surface area contributed by atoms with E-state index >= 15 is 0 Å². The molecule has 0 aromatic carbocycles. The van der Waals surface area contributed by atoms with Gasteiger partial charge in [0.25, 0.3) is 0 Å². The molecule has 0 aromatic rings. The van der Waals surface area contributed by atoms with Crippen LogP contribution in [0.2, 0.25) is 0 Å². The van der Waals surface area contributed by atoms with Gasteiger partial charge in [0.05, 0.1) is 12.2 Å². The van der Waals surface area contributed by atoms with Gasteiger partial charge in [0.15, 0.2) is 5.60 Å². The van der Waals surface area contributed by atoms with Crippen LogP contribution < -0.4 is 0 Å². The van der Waals surface area contributed by atoms with Crippen molar-refractivity contribution in [3.05, 3.63) is 11.1 Å². The van der Waals surface area contributed by atoms with Crippen molar-refractivity contribution in [2.24, 2.45) is 17.3 Å². The summed E-state index contributed by atoms with van der Waals surface area (Å²) in [6, 6.07) is 0. The third-order valence-electron chi connectivity index (χ3n) is 9.20. The molecule has 4 heterocycles. The van der Waals surface area contributed by atoms with Crippen molar-refractivity contribution in [3.8, 4) is 0 Å². The Kier molecular flexibility index (Phi) is 2.35. The SMILES string of the molecule is CC(C)[C@]12OC1[C@@H]1O[C@]13[C@]1(O[C@H]1CC1C4=C(C[C@@H](O)[C@@]13C)C(=O)OC4)[C@@H]2O. The fourth-order valence-corrected chi connectivity index (χ4v) is 7.71. The number of carbonyl (C=O) groups is 1. The molecule has 10 atom stereocenters. The van der Waals surface area contributed by atoms with Crippen LogP contribution in [-0.2, 0) is 23.7 Å². The van der Waals surface area contributed by atoms with Gasteiger partial charge in [0, 0.05) is 17.4 Å². The molecule has 3 aliphatic carbocycles. The number of epoxide rings is 3. The van der Waals surface area contributed by atoms with Gasteiger partial charge >= 0.3 is 5.97 Å². The number of aliphatic hydroxyl groups excluding tert-OH is 2. The lowest BCUT2D eigenvalue weighted by Crippen LogP contribution is -2.71. The maximum Gasteiger partial charge on any atom is 0.334 e. The van der Waals surface area contributed by atoms with Gasteiger partial charge in [0.2, 0.25) is 0 Å². The molecular weight excluding hydrogens is 352 g/mol. The summed E-state index contributed by atoms with van der Waals surface area (Å²) in [5.41, 5.74) is -1.22. The van der Waals surface area contributed by atoms with Gasteiger partial charge in [-0.1, -0.05) is 20.8 Å². The lowest BCUT2D eigenvalue weighted by atomic mass is 9.46. The molecule has 2 N–H and O–H groups in total. The summed E-state index contributed by atoms with van der Waals surface area (Å²) >= 11 is 0. The normalized spacial score (nSPS) is 64.0. The molecule has 3 saturated heterocycles. The maximum absolute atomic E-state index is 12.1. The molecule has 0 amide bonds. The zero-order valence-corrected chi connectivity index (χ0v) is 15.6. The average Bonchev–Trinajstić information content (AvgIpc) is 3.51. The molecule has 7 aliphatic rings. The number of hydrogen-bond acceptors (Lipinski definition) is 7. The van der Waals surface area contributed by atoms with Gasteiger partial charge in [-0.3, -0.25) is 0 Å². The number of esters is 1. The largest absolute Gasteiger partial charge is 0.458 e. The van der Waals surface area contributed by atoms with E-state index in [4.69, 9.17) is 18.9 Å². The van der Waals surface area contributed by atoms with Crippen LogP contribution in [0.15, 0.2) is 11.1 Å². The molecule has 7 heteroatoms. The number of carbonyl (C=O) groups excluding carboxylic acids is 1. The molecule has 4 aliphatic heterocycles. The molecule has 27 heavy (non-hydrogen) atoms. The van der Waals surface area contributed by atoms with Crippen molar-refractivity contribution in [3.63, 3.8) is 0 Å². The first-order valence-corrected chi connectivity index (χ1v) is 10.1. The molecule has 146 valence electrons. The van der Waals surface area contributed by atoms with Crippen molar-refractivity contribution in [1.82, 2.24) is 0 Å². The third kappa shape index (κ3) is 1.25. The Labute approximate surface area is 156 Å². The monoisotopic (exact) mass is 376 g/mol. The summed E-state index contributed by atoms with van der Waals surface area (Å²) in [5.74, 6) is -0.208. The highest BCUT2D eigenvalue weighted by molar-refractivity contribution is 5.92. The highest BCUT2D eigenvalue weighted by atomic mass is 16.7. The first kappa shape index (κ1) is 15.9. The molecule has 0 aromatic heterocycles. The van der Waals surface area contributed by atoms with E-state index < -0.39 is 34.4 Å². The average molecular weight is 376 g/mol. The highest BCUT2D eigenvalue weighted by Gasteiger charge is 3.01. The standard InChI is InChI=1S/C20H24O7/c1-7(2)18-13(26-18)14-20(27-14)17(3)10(5-12-19(20,25-12)16(18)23)9-6-24-15(22)8(9)4-11(17)21/h7,10-14,16,21,23H,4-6H2,1-3H3/t10?,11-,12+,13?,14+,16-,17-,18+,19-,20-/m1/s1. The van der Waals surface area contributed by atoms with Crippen LogP contribution in [-0.4, -0.2) is 70.1 Å². The lowest BCUT2D eigenvalue weighted by molar-refractivity contribution is -0.140. The Morgan fingerprint density at radius 2 is 1.93 bits per heavy atom. The molecule has 7 rings (SSSR count). The molecule has 2 spiro atoms. The summed E-state index contributed by atoms with van der Waals surface area (Å²) in [4.78, 5) is 12.1. The second-order valence-electron chi connectivity index (χ2n) is 9.99. The van der Waals surface area contributed by atoms with E-state index in [1.807, 2.05) is 6.92 Å². The van der Waals surface area contributed by atoms with Gasteiger partial charge in [-0.05, 0) is 23.8 Å².